The van der Waals surface area contributed by atoms with Gasteiger partial charge in [-0.25, -0.2) is 4.68 Å². The summed E-state index contributed by atoms with van der Waals surface area (Å²) in [6.07, 6.45) is 1.65. The summed E-state index contributed by atoms with van der Waals surface area (Å²) in [5.74, 6) is -0.0527. The van der Waals surface area contributed by atoms with E-state index in [0.29, 0.717) is 0 Å². The van der Waals surface area contributed by atoms with Crippen molar-refractivity contribution in [3.8, 4) is 0 Å². The maximum atomic E-state index is 8.36. The Morgan fingerprint density at radius 3 is 2.54 bits per heavy atom. The van der Waals surface area contributed by atoms with Gasteiger partial charge in [0.1, 0.15) is 0 Å². The molecule has 1 aromatic heterocycles. The van der Waals surface area contributed by atoms with E-state index in [1.165, 1.54) is 4.68 Å². The molecule has 8 heteroatoms. The molecule has 0 saturated carbocycles. The van der Waals surface area contributed by atoms with Crippen molar-refractivity contribution in [3.63, 3.8) is 0 Å². The molecule has 72 valence electrons. The Morgan fingerprint density at radius 1 is 1.92 bits per heavy atom. The standard InChI is InChI=1S/C5H8N4.HNO3/c1-4-2-3-9(8-4)5(6)7;2-1(3)4/h2-3H,1H3,(H3,6,7);(H,2,3,4). The zero-order valence-corrected chi connectivity index (χ0v) is 6.84. The van der Waals surface area contributed by atoms with Crippen LogP contribution < -0.4 is 5.73 Å². The SMILES string of the molecule is Cc1ccn(C(=N)N)n1.O=[N+]([O-])O. The molecule has 8 nitrogen and oxygen atoms in total. The monoisotopic (exact) mass is 187 g/mol. The van der Waals surface area contributed by atoms with Gasteiger partial charge in [-0.3, -0.25) is 5.41 Å². The number of aryl methyl sites for hydroxylation is 1. The first kappa shape index (κ1) is 10.9. The smallest absolute Gasteiger partial charge is 0.291 e. The predicted molar refractivity (Wildman–Crippen MR) is 43.1 cm³/mol. The van der Waals surface area contributed by atoms with E-state index < -0.39 is 5.09 Å². The van der Waals surface area contributed by atoms with Gasteiger partial charge in [-0.15, -0.1) is 10.1 Å². The lowest BCUT2D eigenvalue weighted by molar-refractivity contribution is -0.742. The number of hydrogen-bond donors (Lipinski definition) is 3. The zero-order valence-electron chi connectivity index (χ0n) is 6.84. The maximum absolute atomic E-state index is 8.36. The van der Waals surface area contributed by atoms with E-state index in [1.807, 2.05) is 6.92 Å². The molecular formula is C5H9N5O3. The predicted octanol–water partition coefficient (Wildman–Crippen LogP) is -0.415. The second-order valence-corrected chi connectivity index (χ2v) is 2.02. The molecule has 0 aliphatic heterocycles. The first-order valence-electron chi connectivity index (χ1n) is 3.13. The van der Waals surface area contributed by atoms with E-state index in [2.05, 4.69) is 5.10 Å². The molecule has 0 amide bonds. The van der Waals surface area contributed by atoms with Gasteiger partial charge in [0.05, 0.1) is 5.69 Å². The van der Waals surface area contributed by atoms with Crippen molar-refractivity contribution in [1.29, 1.82) is 5.41 Å². The summed E-state index contributed by atoms with van der Waals surface area (Å²) >= 11 is 0. The second-order valence-electron chi connectivity index (χ2n) is 2.02. The van der Waals surface area contributed by atoms with Crippen LogP contribution in [-0.2, 0) is 0 Å². The number of rotatable bonds is 0. The molecule has 0 atom stereocenters. The highest BCUT2D eigenvalue weighted by Gasteiger charge is 1.92. The molecule has 0 aliphatic rings. The fourth-order valence-electron chi connectivity index (χ4n) is 0.549. The third-order valence-electron chi connectivity index (χ3n) is 0.969. The van der Waals surface area contributed by atoms with Crippen LogP contribution in [0.25, 0.3) is 0 Å². The van der Waals surface area contributed by atoms with Gasteiger partial charge in [0.25, 0.3) is 5.09 Å². The minimum absolute atomic E-state index is 0.0527. The molecule has 0 spiro atoms. The number of nitrogens with one attached hydrogen (secondary N) is 1. The van der Waals surface area contributed by atoms with E-state index in [0.717, 1.165) is 5.69 Å². The number of nitrogens with zero attached hydrogens (tertiary/aromatic N) is 3. The van der Waals surface area contributed by atoms with Gasteiger partial charge in [0.15, 0.2) is 0 Å². The van der Waals surface area contributed by atoms with Crippen LogP contribution in [-0.4, -0.2) is 26.0 Å². The first-order chi connectivity index (χ1) is 5.93. The summed E-state index contributed by atoms with van der Waals surface area (Å²) in [7, 11) is 0. The van der Waals surface area contributed by atoms with Crippen molar-refractivity contribution < 1.29 is 10.3 Å². The number of nitrogen functional groups attached to an aromatic ring is 1. The normalized spacial score (nSPS) is 8.38. The van der Waals surface area contributed by atoms with Gasteiger partial charge >= 0.3 is 0 Å². The molecule has 13 heavy (non-hydrogen) atoms. The summed E-state index contributed by atoms with van der Waals surface area (Å²) < 4.78 is 1.31. The minimum Gasteiger partial charge on any atom is -0.368 e. The Balaban J connectivity index is 0.000000310. The van der Waals surface area contributed by atoms with Gasteiger partial charge in [0.2, 0.25) is 5.96 Å². The van der Waals surface area contributed by atoms with Gasteiger partial charge in [-0.2, -0.15) is 5.10 Å². The second kappa shape index (κ2) is 4.70. The van der Waals surface area contributed by atoms with E-state index in [-0.39, 0.29) is 5.96 Å². The molecule has 0 bridgehead atoms. The third-order valence-corrected chi connectivity index (χ3v) is 0.969. The van der Waals surface area contributed by atoms with E-state index >= 15 is 0 Å². The quantitative estimate of drug-likeness (QED) is 0.220. The van der Waals surface area contributed by atoms with Crippen LogP contribution in [0.4, 0.5) is 0 Å². The number of aromatic nitrogens is 2. The van der Waals surface area contributed by atoms with Crippen molar-refractivity contribution in [2.75, 3.05) is 0 Å². The number of nitrogens with two attached hydrogens (primary N) is 1. The van der Waals surface area contributed by atoms with Crippen molar-refractivity contribution in [3.05, 3.63) is 28.1 Å². The molecule has 1 rings (SSSR count). The first-order valence-corrected chi connectivity index (χ1v) is 3.13. The van der Waals surface area contributed by atoms with Crippen molar-refractivity contribution in [2.45, 2.75) is 6.92 Å². The summed E-state index contributed by atoms with van der Waals surface area (Å²) in [6.45, 7) is 1.85. The largest absolute Gasteiger partial charge is 0.368 e. The Kier molecular flexibility index (Phi) is 3.93. The summed E-state index contributed by atoms with van der Waals surface area (Å²) in [5, 5.41) is 24.4. The lowest BCUT2D eigenvalue weighted by atomic mass is 10.5. The third kappa shape index (κ3) is 5.18. The molecule has 1 aromatic rings. The Labute approximate surface area is 73.2 Å². The topological polar surface area (TPSA) is 131 Å². The minimum atomic E-state index is -1.50. The Morgan fingerprint density at radius 2 is 2.38 bits per heavy atom. The summed E-state index contributed by atoms with van der Waals surface area (Å²) in [4.78, 5) is 8.36. The van der Waals surface area contributed by atoms with Crippen molar-refractivity contribution in [2.24, 2.45) is 5.73 Å². The van der Waals surface area contributed by atoms with Crippen LogP contribution >= 0.6 is 0 Å². The fourth-order valence-corrected chi connectivity index (χ4v) is 0.549. The van der Waals surface area contributed by atoms with Crippen molar-refractivity contribution >= 4 is 5.96 Å². The molecule has 1 heterocycles. The van der Waals surface area contributed by atoms with Gasteiger partial charge in [-0.05, 0) is 13.0 Å². The van der Waals surface area contributed by atoms with Gasteiger partial charge in [-0.1, -0.05) is 0 Å². The van der Waals surface area contributed by atoms with Crippen LogP contribution in [0.3, 0.4) is 0 Å². The lowest BCUT2D eigenvalue weighted by Gasteiger charge is -1.92. The molecule has 0 aliphatic carbocycles. The van der Waals surface area contributed by atoms with Crippen LogP contribution in [0.2, 0.25) is 0 Å². The van der Waals surface area contributed by atoms with E-state index in [1.54, 1.807) is 12.3 Å². The lowest BCUT2D eigenvalue weighted by Crippen LogP contribution is -2.20. The molecule has 0 aromatic carbocycles. The zero-order chi connectivity index (χ0) is 10.4. The fraction of sp³-hybridized carbons (Fsp3) is 0.200. The number of hydrogen-bond acceptors (Lipinski definition) is 4. The maximum Gasteiger partial charge on any atom is 0.291 e. The van der Waals surface area contributed by atoms with E-state index in [9.17, 15) is 0 Å². The van der Waals surface area contributed by atoms with Crippen LogP contribution in [0.15, 0.2) is 12.3 Å². The highest BCUT2D eigenvalue weighted by atomic mass is 16.9. The molecule has 0 fully saturated rings. The highest BCUT2D eigenvalue weighted by molar-refractivity contribution is 5.75. The van der Waals surface area contributed by atoms with E-state index in [4.69, 9.17) is 26.5 Å². The highest BCUT2D eigenvalue weighted by Crippen LogP contribution is 1.89. The van der Waals surface area contributed by atoms with Crippen LogP contribution in [0.5, 0.6) is 0 Å². The summed E-state index contributed by atoms with van der Waals surface area (Å²) in [5.41, 5.74) is 5.98. The molecule has 0 unspecified atom stereocenters. The summed E-state index contributed by atoms with van der Waals surface area (Å²) in [6, 6.07) is 1.79. The van der Waals surface area contributed by atoms with Crippen LogP contribution in [0, 0.1) is 22.4 Å². The van der Waals surface area contributed by atoms with Crippen molar-refractivity contribution in [1.82, 2.24) is 9.78 Å². The van der Waals surface area contributed by atoms with Crippen LogP contribution in [0.1, 0.15) is 5.69 Å². The van der Waals surface area contributed by atoms with Gasteiger partial charge < -0.3 is 10.9 Å². The average Bonchev–Trinajstić information content (AvgIpc) is 2.34. The average molecular weight is 187 g/mol. The molecule has 4 N–H and O–H groups in total. The molecule has 0 saturated heterocycles. The molecular weight excluding hydrogens is 178 g/mol. The Hall–Kier alpha value is -2.12. The van der Waals surface area contributed by atoms with Gasteiger partial charge in [0, 0.05) is 6.20 Å². The molecule has 0 radical (unpaired) electrons. The Bertz CT molecular complexity index is 303.